The largest absolute Gasteiger partial charge is 0.370 e. The standard InChI is InChI=1S/C19H31N5O.HI/c1-2-3-4-5-11-21-18(20)22-15-16-9-8-10-17(14-16)23-19(25)24-12-6-7-13-24;/h8-10,14H,2-7,11-13,15H2,1H3,(H,23,25)(H3,20,21,22);1H. The molecule has 0 aliphatic carbocycles. The van der Waals surface area contributed by atoms with Gasteiger partial charge in [-0.15, -0.1) is 24.0 Å². The molecule has 2 amide bonds. The first-order valence-electron chi connectivity index (χ1n) is 9.37. The van der Waals surface area contributed by atoms with Crippen molar-refractivity contribution in [2.24, 2.45) is 10.7 Å². The van der Waals surface area contributed by atoms with E-state index in [0.717, 1.165) is 50.1 Å². The molecule has 2 rings (SSSR count). The number of benzene rings is 1. The van der Waals surface area contributed by atoms with E-state index in [1.165, 1.54) is 19.3 Å². The minimum Gasteiger partial charge on any atom is -0.370 e. The van der Waals surface area contributed by atoms with Gasteiger partial charge in [0, 0.05) is 25.3 Å². The summed E-state index contributed by atoms with van der Waals surface area (Å²) in [7, 11) is 0. The van der Waals surface area contributed by atoms with Crippen molar-refractivity contribution in [2.45, 2.75) is 52.0 Å². The average Bonchev–Trinajstić information content (AvgIpc) is 3.15. The van der Waals surface area contributed by atoms with Gasteiger partial charge < -0.3 is 21.3 Å². The number of anilines is 1. The predicted octanol–water partition coefficient (Wildman–Crippen LogP) is 3.92. The van der Waals surface area contributed by atoms with Crippen molar-refractivity contribution in [3.05, 3.63) is 29.8 Å². The fourth-order valence-electron chi connectivity index (χ4n) is 2.87. The number of rotatable bonds is 8. The number of nitrogens with two attached hydrogens (primary N) is 1. The van der Waals surface area contributed by atoms with Crippen LogP contribution >= 0.6 is 24.0 Å². The van der Waals surface area contributed by atoms with Gasteiger partial charge in [-0.3, -0.25) is 0 Å². The molecule has 0 unspecified atom stereocenters. The highest BCUT2D eigenvalue weighted by Crippen LogP contribution is 2.14. The molecule has 1 saturated heterocycles. The van der Waals surface area contributed by atoms with Crippen molar-refractivity contribution in [3.63, 3.8) is 0 Å². The molecule has 1 aliphatic heterocycles. The van der Waals surface area contributed by atoms with Gasteiger partial charge in [-0.1, -0.05) is 38.3 Å². The van der Waals surface area contributed by atoms with E-state index in [-0.39, 0.29) is 30.0 Å². The molecule has 4 N–H and O–H groups in total. The minimum absolute atomic E-state index is 0. The summed E-state index contributed by atoms with van der Waals surface area (Å²) in [6, 6.07) is 7.75. The number of nitrogens with one attached hydrogen (secondary N) is 2. The van der Waals surface area contributed by atoms with Crippen LogP contribution in [0.25, 0.3) is 0 Å². The first-order valence-corrected chi connectivity index (χ1v) is 9.37. The van der Waals surface area contributed by atoms with Crippen LogP contribution in [0, 0.1) is 0 Å². The van der Waals surface area contributed by atoms with Gasteiger partial charge in [0.2, 0.25) is 0 Å². The zero-order valence-electron chi connectivity index (χ0n) is 15.7. The summed E-state index contributed by atoms with van der Waals surface area (Å²) in [6.07, 6.45) is 7.00. The van der Waals surface area contributed by atoms with Gasteiger partial charge in [0.15, 0.2) is 5.96 Å². The predicted molar refractivity (Wildman–Crippen MR) is 119 cm³/mol. The van der Waals surface area contributed by atoms with Crippen molar-refractivity contribution in [1.82, 2.24) is 10.2 Å². The maximum atomic E-state index is 12.1. The van der Waals surface area contributed by atoms with Gasteiger partial charge in [0.1, 0.15) is 0 Å². The van der Waals surface area contributed by atoms with Gasteiger partial charge in [-0.2, -0.15) is 0 Å². The van der Waals surface area contributed by atoms with Crippen LogP contribution in [0.2, 0.25) is 0 Å². The third kappa shape index (κ3) is 8.25. The molecule has 1 aliphatic rings. The average molecular weight is 473 g/mol. The lowest BCUT2D eigenvalue weighted by Gasteiger charge is -2.16. The maximum Gasteiger partial charge on any atom is 0.321 e. The molecule has 6 nitrogen and oxygen atoms in total. The molecule has 146 valence electrons. The number of carbonyl (C=O) groups excluding carboxylic acids is 1. The molecule has 0 spiro atoms. The van der Waals surface area contributed by atoms with Crippen molar-refractivity contribution < 1.29 is 4.79 Å². The monoisotopic (exact) mass is 473 g/mol. The number of carbonyl (C=O) groups is 1. The Labute approximate surface area is 174 Å². The highest BCUT2D eigenvalue weighted by molar-refractivity contribution is 14.0. The van der Waals surface area contributed by atoms with Crippen LogP contribution in [-0.4, -0.2) is 36.5 Å². The summed E-state index contributed by atoms with van der Waals surface area (Å²) in [6.45, 7) is 5.25. The van der Waals surface area contributed by atoms with Crippen LogP contribution in [0.5, 0.6) is 0 Å². The molecule has 7 heteroatoms. The summed E-state index contributed by atoms with van der Waals surface area (Å²) in [5.41, 5.74) is 7.72. The third-order valence-electron chi connectivity index (χ3n) is 4.34. The molecule has 0 bridgehead atoms. The fraction of sp³-hybridized carbons (Fsp3) is 0.579. The number of hydrogen-bond acceptors (Lipinski definition) is 2. The molecule has 0 saturated carbocycles. The Morgan fingerprint density at radius 2 is 2.00 bits per heavy atom. The van der Waals surface area contributed by atoms with E-state index in [9.17, 15) is 4.79 Å². The number of hydrogen-bond donors (Lipinski definition) is 3. The normalized spacial score (nSPS) is 14.0. The fourth-order valence-corrected chi connectivity index (χ4v) is 2.87. The second-order valence-electron chi connectivity index (χ2n) is 6.51. The number of halogens is 1. The van der Waals surface area contributed by atoms with E-state index in [1.54, 1.807) is 0 Å². The zero-order chi connectivity index (χ0) is 17.9. The van der Waals surface area contributed by atoms with E-state index in [2.05, 4.69) is 22.5 Å². The topological polar surface area (TPSA) is 82.7 Å². The number of unbranched alkanes of at least 4 members (excludes halogenated alkanes) is 3. The number of aliphatic imine (C=N–C) groups is 1. The first kappa shape index (κ1) is 22.5. The van der Waals surface area contributed by atoms with Gasteiger partial charge in [-0.25, -0.2) is 9.79 Å². The van der Waals surface area contributed by atoms with Gasteiger partial charge in [0.25, 0.3) is 0 Å². The van der Waals surface area contributed by atoms with Crippen molar-refractivity contribution in [1.29, 1.82) is 0 Å². The molecular weight excluding hydrogens is 441 g/mol. The number of guanidine groups is 1. The lowest BCUT2D eigenvalue weighted by molar-refractivity contribution is 0.222. The van der Waals surface area contributed by atoms with E-state index >= 15 is 0 Å². The van der Waals surface area contributed by atoms with Crippen LogP contribution in [-0.2, 0) is 6.54 Å². The second kappa shape index (κ2) is 12.8. The number of amides is 2. The Morgan fingerprint density at radius 3 is 2.73 bits per heavy atom. The van der Waals surface area contributed by atoms with Crippen molar-refractivity contribution >= 4 is 41.7 Å². The van der Waals surface area contributed by atoms with E-state index in [4.69, 9.17) is 5.73 Å². The summed E-state index contributed by atoms with van der Waals surface area (Å²) in [5, 5.41) is 6.10. The Hall–Kier alpha value is -1.51. The summed E-state index contributed by atoms with van der Waals surface area (Å²) < 4.78 is 0. The van der Waals surface area contributed by atoms with E-state index in [0.29, 0.717) is 12.5 Å². The molecular formula is C19H32IN5O. The summed E-state index contributed by atoms with van der Waals surface area (Å²) >= 11 is 0. The van der Waals surface area contributed by atoms with Gasteiger partial charge in [-0.05, 0) is 37.0 Å². The van der Waals surface area contributed by atoms with Crippen molar-refractivity contribution in [3.8, 4) is 0 Å². The van der Waals surface area contributed by atoms with Gasteiger partial charge in [0.05, 0.1) is 6.54 Å². The number of likely N-dealkylation sites (tertiary alicyclic amines) is 1. The highest BCUT2D eigenvalue weighted by atomic mass is 127. The second-order valence-corrected chi connectivity index (χ2v) is 6.51. The van der Waals surface area contributed by atoms with Crippen LogP contribution in [0.3, 0.4) is 0 Å². The lowest BCUT2D eigenvalue weighted by atomic mass is 10.2. The first-order chi connectivity index (χ1) is 12.2. The maximum absolute atomic E-state index is 12.1. The van der Waals surface area contributed by atoms with Crippen LogP contribution in [0.1, 0.15) is 51.0 Å². The third-order valence-corrected chi connectivity index (χ3v) is 4.34. The van der Waals surface area contributed by atoms with Crippen molar-refractivity contribution in [2.75, 3.05) is 25.0 Å². The molecule has 0 atom stereocenters. The smallest absolute Gasteiger partial charge is 0.321 e. The molecule has 0 aromatic heterocycles. The van der Waals surface area contributed by atoms with E-state index in [1.807, 2.05) is 29.2 Å². The van der Waals surface area contributed by atoms with Crippen LogP contribution < -0.4 is 16.4 Å². The van der Waals surface area contributed by atoms with E-state index < -0.39 is 0 Å². The number of urea groups is 1. The number of nitrogens with zero attached hydrogens (tertiary/aromatic N) is 2. The zero-order valence-corrected chi connectivity index (χ0v) is 18.0. The quantitative estimate of drug-likeness (QED) is 0.232. The molecule has 1 aromatic rings. The Balaban J connectivity index is 0.00000338. The summed E-state index contributed by atoms with van der Waals surface area (Å²) in [5.74, 6) is 0.475. The van der Waals surface area contributed by atoms with Crippen LogP contribution in [0.4, 0.5) is 10.5 Å². The summed E-state index contributed by atoms with van der Waals surface area (Å²) in [4.78, 5) is 18.4. The Morgan fingerprint density at radius 1 is 1.23 bits per heavy atom. The molecule has 26 heavy (non-hydrogen) atoms. The SMILES string of the molecule is CCCCCCNC(N)=NCc1cccc(NC(=O)N2CCCC2)c1.I. The molecule has 1 fully saturated rings. The highest BCUT2D eigenvalue weighted by Gasteiger charge is 2.17. The Kier molecular flexibility index (Phi) is 11.1. The molecule has 1 heterocycles. The molecule has 1 aromatic carbocycles. The van der Waals surface area contributed by atoms with Gasteiger partial charge >= 0.3 is 6.03 Å². The Bertz CT molecular complexity index is 573. The van der Waals surface area contributed by atoms with Crippen LogP contribution in [0.15, 0.2) is 29.3 Å². The lowest BCUT2D eigenvalue weighted by Crippen LogP contribution is -2.32. The minimum atomic E-state index is -0.0218. The molecule has 0 radical (unpaired) electrons.